The van der Waals surface area contributed by atoms with E-state index in [4.69, 9.17) is 11.6 Å². The van der Waals surface area contributed by atoms with Crippen LogP contribution >= 0.6 is 11.6 Å². The van der Waals surface area contributed by atoms with E-state index in [0.717, 1.165) is 6.20 Å². The number of hydrogen-bond donors (Lipinski definition) is 1. The molecule has 0 aliphatic carbocycles. The van der Waals surface area contributed by atoms with Gasteiger partial charge in [0.2, 0.25) is 10.9 Å². The minimum absolute atomic E-state index is 0.0929. The van der Waals surface area contributed by atoms with Crippen molar-refractivity contribution in [1.29, 1.82) is 0 Å². The van der Waals surface area contributed by atoms with Gasteiger partial charge < -0.3 is 5.32 Å². The summed E-state index contributed by atoms with van der Waals surface area (Å²) in [5.41, 5.74) is -0.433. The van der Waals surface area contributed by atoms with E-state index in [2.05, 4.69) is 10.4 Å². The maximum Gasteiger partial charge on any atom is 0.320 e. The van der Waals surface area contributed by atoms with Crippen molar-refractivity contribution < 1.29 is 14.5 Å². The summed E-state index contributed by atoms with van der Waals surface area (Å²) in [5.74, 6) is -0.590. The molecule has 0 saturated heterocycles. The van der Waals surface area contributed by atoms with Crippen LogP contribution < -0.4 is 5.32 Å². The van der Waals surface area contributed by atoms with Gasteiger partial charge in [-0.05, 0) is 24.9 Å². The Morgan fingerprint density at radius 3 is 2.79 bits per heavy atom. The van der Waals surface area contributed by atoms with Crippen molar-refractivity contribution in [2.24, 2.45) is 0 Å². The standard InChI is InChI=1S/C10H13ClN4O4/c1-2-14-9(7(6-13-14)15(18)19)10(17)12-5-3-4-8(11)16/h6H,2-5H2,1H3,(H,12,17). The first kappa shape index (κ1) is 15.1. The molecule has 0 spiro atoms. The molecule has 1 aromatic rings. The molecule has 19 heavy (non-hydrogen) atoms. The van der Waals surface area contributed by atoms with Gasteiger partial charge in [0.1, 0.15) is 6.20 Å². The number of amides is 1. The van der Waals surface area contributed by atoms with E-state index in [-0.39, 0.29) is 24.3 Å². The molecule has 0 aromatic carbocycles. The Morgan fingerprint density at radius 2 is 2.26 bits per heavy atom. The van der Waals surface area contributed by atoms with E-state index < -0.39 is 16.1 Å². The van der Waals surface area contributed by atoms with E-state index in [1.54, 1.807) is 6.92 Å². The predicted molar refractivity (Wildman–Crippen MR) is 67.0 cm³/mol. The van der Waals surface area contributed by atoms with E-state index in [1.807, 2.05) is 0 Å². The summed E-state index contributed by atoms with van der Waals surface area (Å²) < 4.78 is 1.25. The summed E-state index contributed by atoms with van der Waals surface area (Å²) in [7, 11) is 0. The minimum atomic E-state index is -0.656. The van der Waals surface area contributed by atoms with Crippen LogP contribution in [0.1, 0.15) is 30.3 Å². The molecule has 0 bridgehead atoms. The molecule has 0 unspecified atom stereocenters. The highest BCUT2D eigenvalue weighted by Crippen LogP contribution is 2.17. The first-order chi connectivity index (χ1) is 8.97. The van der Waals surface area contributed by atoms with Gasteiger partial charge in [-0.15, -0.1) is 0 Å². The number of halogens is 1. The molecular formula is C10H13ClN4O4. The molecule has 9 heteroatoms. The molecule has 1 rings (SSSR count). The first-order valence-electron chi connectivity index (χ1n) is 5.64. The maximum absolute atomic E-state index is 11.9. The zero-order valence-corrected chi connectivity index (χ0v) is 11.0. The van der Waals surface area contributed by atoms with Crippen molar-refractivity contribution in [3.8, 4) is 0 Å². The third kappa shape index (κ3) is 4.02. The summed E-state index contributed by atoms with van der Waals surface area (Å²) in [4.78, 5) is 32.5. The van der Waals surface area contributed by atoms with Crippen LogP contribution in [-0.4, -0.2) is 32.4 Å². The van der Waals surface area contributed by atoms with Gasteiger partial charge >= 0.3 is 5.69 Å². The molecule has 1 amide bonds. The number of aryl methyl sites for hydroxylation is 1. The summed E-state index contributed by atoms with van der Waals surface area (Å²) in [6, 6.07) is 0. The van der Waals surface area contributed by atoms with Crippen molar-refractivity contribution >= 4 is 28.4 Å². The molecule has 0 aliphatic rings. The number of aromatic nitrogens is 2. The van der Waals surface area contributed by atoms with Crippen LogP contribution in [-0.2, 0) is 11.3 Å². The largest absolute Gasteiger partial charge is 0.350 e. The molecule has 104 valence electrons. The smallest absolute Gasteiger partial charge is 0.320 e. The lowest BCUT2D eigenvalue weighted by Crippen LogP contribution is -2.28. The molecular weight excluding hydrogens is 276 g/mol. The number of carbonyl (C=O) groups excluding carboxylic acids is 2. The summed E-state index contributed by atoms with van der Waals surface area (Å²) >= 11 is 5.15. The van der Waals surface area contributed by atoms with Gasteiger partial charge in [-0.2, -0.15) is 5.10 Å². The number of nitro groups is 1. The lowest BCUT2D eigenvalue weighted by atomic mass is 10.3. The highest BCUT2D eigenvalue weighted by atomic mass is 35.5. The summed E-state index contributed by atoms with van der Waals surface area (Å²) in [6.07, 6.45) is 1.56. The van der Waals surface area contributed by atoms with Gasteiger partial charge in [0, 0.05) is 19.5 Å². The average molecular weight is 289 g/mol. The Bertz CT molecular complexity index is 500. The van der Waals surface area contributed by atoms with Crippen LogP contribution in [0, 0.1) is 10.1 Å². The topological polar surface area (TPSA) is 107 Å². The van der Waals surface area contributed by atoms with Gasteiger partial charge in [-0.3, -0.25) is 24.4 Å². The molecule has 1 N–H and O–H groups in total. The third-order valence-electron chi connectivity index (χ3n) is 2.37. The van der Waals surface area contributed by atoms with Gasteiger partial charge in [0.05, 0.1) is 4.92 Å². The number of nitrogens with zero attached hydrogens (tertiary/aromatic N) is 3. The Hall–Kier alpha value is -1.96. The van der Waals surface area contributed by atoms with Gasteiger partial charge in [-0.1, -0.05) is 0 Å². The second-order valence-electron chi connectivity index (χ2n) is 3.67. The predicted octanol–water partition coefficient (Wildman–Crippen LogP) is 1.09. The van der Waals surface area contributed by atoms with E-state index >= 15 is 0 Å². The Kier molecular flexibility index (Phi) is 5.43. The normalized spacial score (nSPS) is 10.2. The quantitative estimate of drug-likeness (QED) is 0.350. The van der Waals surface area contributed by atoms with Gasteiger partial charge in [-0.25, -0.2) is 0 Å². The third-order valence-corrected chi connectivity index (χ3v) is 2.56. The zero-order valence-electron chi connectivity index (χ0n) is 10.3. The second-order valence-corrected chi connectivity index (χ2v) is 4.09. The van der Waals surface area contributed by atoms with E-state index in [0.29, 0.717) is 13.0 Å². The fraction of sp³-hybridized carbons (Fsp3) is 0.500. The zero-order chi connectivity index (χ0) is 14.4. The van der Waals surface area contributed by atoms with Crippen LogP contribution in [0.25, 0.3) is 0 Å². The molecule has 0 saturated carbocycles. The Balaban J connectivity index is 2.72. The van der Waals surface area contributed by atoms with Crippen molar-refractivity contribution in [3.05, 3.63) is 22.0 Å². The van der Waals surface area contributed by atoms with Crippen LogP contribution in [0.5, 0.6) is 0 Å². The van der Waals surface area contributed by atoms with Gasteiger partial charge in [0.15, 0.2) is 0 Å². The van der Waals surface area contributed by atoms with Crippen LogP contribution in [0.2, 0.25) is 0 Å². The molecule has 0 atom stereocenters. The SMILES string of the molecule is CCn1ncc([N+](=O)[O-])c1C(=O)NCCCC(=O)Cl. The van der Waals surface area contributed by atoms with Crippen LogP contribution in [0.4, 0.5) is 5.69 Å². The molecule has 1 aromatic heterocycles. The van der Waals surface area contributed by atoms with E-state index in [9.17, 15) is 19.7 Å². The monoisotopic (exact) mass is 288 g/mol. The number of rotatable bonds is 7. The highest BCUT2D eigenvalue weighted by Gasteiger charge is 2.25. The summed E-state index contributed by atoms with van der Waals surface area (Å²) in [6.45, 7) is 2.28. The highest BCUT2D eigenvalue weighted by molar-refractivity contribution is 6.63. The molecule has 0 radical (unpaired) electrons. The lowest BCUT2D eigenvalue weighted by molar-refractivity contribution is -0.385. The van der Waals surface area contributed by atoms with Crippen LogP contribution in [0.15, 0.2) is 6.20 Å². The Labute approximate surface area is 113 Å². The number of hydrogen-bond acceptors (Lipinski definition) is 5. The molecule has 0 aliphatic heterocycles. The second kappa shape index (κ2) is 6.83. The number of carbonyl (C=O) groups is 2. The molecule has 0 fully saturated rings. The maximum atomic E-state index is 11.9. The van der Waals surface area contributed by atoms with Gasteiger partial charge in [0.25, 0.3) is 5.91 Å². The first-order valence-corrected chi connectivity index (χ1v) is 6.01. The minimum Gasteiger partial charge on any atom is -0.350 e. The summed E-state index contributed by atoms with van der Waals surface area (Å²) in [5, 5.41) is 16.6. The van der Waals surface area contributed by atoms with Crippen molar-refractivity contribution in [1.82, 2.24) is 15.1 Å². The Morgan fingerprint density at radius 1 is 1.58 bits per heavy atom. The van der Waals surface area contributed by atoms with Crippen molar-refractivity contribution in [3.63, 3.8) is 0 Å². The molecule has 8 nitrogen and oxygen atoms in total. The molecule has 1 heterocycles. The van der Waals surface area contributed by atoms with Crippen molar-refractivity contribution in [2.45, 2.75) is 26.3 Å². The van der Waals surface area contributed by atoms with Crippen LogP contribution in [0.3, 0.4) is 0 Å². The fourth-order valence-corrected chi connectivity index (χ4v) is 1.63. The fourth-order valence-electron chi connectivity index (χ4n) is 1.50. The average Bonchev–Trinajstić information content (AvgIpc) is 2.77. The number of nitrogens with one attached hydrogen (secondary N) is 1. The lowest BCUT2D eigenvalue weighted by Gasteiger charge is -2.05. The van der Waals surface area contributed by atoms with Crippen molar-refractivity contribution in [2.75, 3.05) is 6.54 Å². The van der Waals surface area contributed by atoms with E-state index in [1.165, 1.54) is 4.68 Å².